The maximum absolute atomic E-state index is 12.9. The van der Waals surface area contributed by atoms with E-state index in [2.05, 4.69) is 4.98 Å². The van der Waals surface area contributed by atoms with Crippen molar-refractivity contribution in [3.05, 3.63) is 50.5 Å². The smallest absolute Gasteiger partial charge is 0.258 e. The van der Waals surface area contributed by atoms with Crippen molar-refractivity contribution < 1.29 is 9.47 Å². The number of ether oxygens (including phenoxy) is 2. The summed E-state index contributed by atoms with van der Waals surface area (Å²) in [5, 5.41) is 10.1. The third-order valence-electron chi connectivity index (χ3n) is 4.07. The normalized spacial score (nSPS) is 10.6. The third-order valence-corrected chi connectivity index (χ3v) is 4.82. The number of hydrogen-bond donors (Lipinski definition) is 0. The quantitative estimate of drug-likeness (QED) is 0.680. The van der Waals surface area contributed by atoms with Gasteiger partial charge in [-0.25, -0.2) is 4.98 Å². The Balaban J connectivity index is 2.42. The zero-order chi connectivity index (χ0) is 19.0. The lowest BCUT2D eigenvalue weighted by Gasteiger charge is -2.16. The van der Waals surface area contributed by atoms with Crippen LogP contribution in [0.15, 0.2) is 29.2 Å². The molecule has 2 heterocycles. The van der Waals surface area contributed by atoms with E-state index in [-0.39, 0.29) is 26.9 Å². The van der Waals surface area contributed by atoms with Crippen molar-refractivity contribution in [3.63, 3.8) is 0 Å². The average molecular weight is 390 g/mol. The van der Waals surface area contributed by atoms with E-state index in [0.717, 1.165) is 0 Å². The zero-order valence-electron chi connectivity index (χ0n) is 14.1. The number of rotatable bonds is 3. The van der Waals surface area contributed by atoms with Crippen LogP contribution in [0, 0.1) is 11.3 Å². The van der Waals surface area contributed by atoms with Gasteiger partial charge in [0.2, 0.25) is 0 Å². The first-order valence-corrected chi connectivity index (χ1v) is 8.18. The minimum Gasteiger partial charge on any atom is -0.495 e. The average Bonchev–Trinajstić information content (AvgIpc) is 2.65. The lowest BCUT2D eigenvalue weighted by atomic mass is 10.0. The number of methoxy groups -OCH3 is 2. The first-order chi connectivity index (χ1) is 12.4. The molecule has 132 valence electrons. The van der Waals surface area contributed by atoms with Gasteiger partial charge in [-0.3, -0.25) is 4.79 Å². The van der Waals surface area contributed by atoms with Crippen LogP contribution in [-0.2, 0) is 7.05 Å². The fraction of sp³-hybridized carbons (Fsp3) is 0.167. The van der Waals surface area contributed by atoms with E-state index in [1.807, 2.05) is 6.07 Å². The molecule has 6 nitrogen and oxygen atoms in total. The first kappa shape index (κ1) is 18.1. The van der Waals surface area contributed by atoms with Gasteiger partial charge in [-0.1, -0.05) is 23.2 Å². The number of aromatic nitrogens is 2. The van der Waals surface area contributed by atoms with Crippen molar-refractivity contribution in [2.45, 2.75) is 0 Å². The number of aryl methyl sites for hydroxylation is 1. The molecular formula is C18H13Cl2N3O3. The van der Waals surface area contributed by atoms with Crippen molar-refractivity contribution in [3.8, 4) is 28.7 Å². The van der Waals surface area contributed by atoms with E-state index in [1.54, 1.807) is 25.2 Å². The number of nitriles is 1. The summed E-state index contributed by atoms with van der Waals surface area (Å²) in [5.41, 5.74) is 1.06. The summed E-state index contributed by atoms with van der Waals surface area (Å²) >= 11 is 12.9. The van der Waals surface area contributed by atoms with Gasteiger partial charge < -0.3 is 14.0 Å². The van der Waals surface area contributed by atoms with Crippen molar-refractivity contribution in [1.29, 1.82) is 5.26 Å². The summed E-state index contributed by atoms with van der Waals surface area (Å²) < 4.78 is 12.0. The second kappa shape index (κ2) is 6.87. The Morgan fingerprint density at radius 2 is 1.73 bits per heavy atom. The third kappa shape index (κ3) is 2.75. The second-order valence-electron chi connectivity index (χ2n) is 5.45. The van der Waals surface area contributed by atoms with Gasteiger partial charge in [0.25, 0.3) is 5.56 Å². The minimum absolute atomic E-state index is 0.205. The van der Waals surface area contributed by atoms with E-state index in [0.29, 0.717) is 28.0 Å². The zero-order valence-corrected chi connectivity index (χ0v) is 15.6. The summed E-state index contributed by atoms with van der Waals surface area (Å²) in [5.74, 6) is 0.672. The number of halogens is 2. The molecular weight excluding hydrogens is 377 g/mol. The van der Waals surface area contributed by atoms with Crippen molar-refractivity contribution in [2.75, 3.05) is 14.2 Å². The van der Waals surface area contributed by atoms with Gasteiger partial charge in [-0.2, -0.15) is 5.26 Å². The molecule has 0 unspecified atom stereocenters. The van der Waals surface area contributed by atoms with Crippen molar-refractivity contribution in [1.82, 2.24) is 9.55 Å². The number of benzene rings is 1. The Morgan fingerprint density at radius 3 is 2.27 bits per heavy atom. The Morgan fingerprint density at radius 1 is 1.12 bits per heavy atom. The fourth-order valence-corrected chi connectivity index (χ4v) is 3.43. The highest BCUT2D eigenvalue weighted by Crippen LogP contribution is 2.45. The molecule has 0 aliphatic heterocycles. The SMILES string of the molecule is COc1cc(OC)c(Cl)c(-c2cc3cnc(C#N)cc3n(C)c2=O)c1Cl. The molecule has 0 saturated carbocycles. The van der Waals surface area contributed by atoms with Crippen LogP contribution in [0.25, 0.3) is 22.0 Å². The summed E-state index contributed by atoms with van der Waals surface area (Å²) in [7, 11) is 4.53. The molecule has 0 atom stereocenters. The molecule has 0 saturated heterocycles. The topological polar surface area (TPSA) is 77.1 Å². The molecule has 0 aliphatic carbocycles. The van der Waals surface area contributed by atoms with E-state index in [9.17, 15) is 4.79 Å². The Labute approximate surface area is 159 Å². The van der Waals surface area contributed by atoms with Crippen LogP contribution in [0.2, 0.25) is 10.0 Å². The van der Waals surface area contributed by atoms with Gasteiger partial charge in [0.1, 0.15) is 23.3 Å². The molecule has 2 aromatic heterocycles. The van der Waals surface area contributed by atoms with Gasteiger partial charge in [0.05, 0.1) is 35.3 Å². The van der Waals surface area contributed by atoms with E-state index in [1.165, 1.54) is 25.0 Å². The fourth-order valence-electron chi connectivity index (χ4n) is 2.73. The van der Waals surface area contributed by atoms with Crippen LogP contribution >= 0.6 is 23.2 Å². The Kier molecular flexibility index (Phi) is 4.77. The van der Waals surface area contributed by atoms with E-state index in [4.69, 9.17) is 37.9 Å². The molecule has 3 rings (SSSR count). The molecule has 3 aromatic rings. The number of pyridine rings is 2. The maximum atomic E-state index is 12.9. The van der Waals surface area contributed by atoms with E-state index >= 15 is 0 Å². The van der Waals surface area contributed by atoms with E-state index < -0.39 is 0 Å². The highest BCUT2D eigenvalue weighted by atomic mass is 35.5. The summed E-state index contributed by atoms with van der Waals surface area (Å²) in [6.45, 7) is 0. The van der Waals surface area contributed by atoms with Crippen LogP contribution in [-0.4, -0.2) is 23.8 Å². The van der Waals surface area contributed by atoms with Crippen LogP contribution in [0.1, 0.15) is 5.69 Å². The Bertz CT molecular complexity index is 1110. The molecule has 8 heteroatoms. The summed E-state index contributed by atoms with van der Waals surface area (Å²) in [4.78, 5) is 17.0. The molecule has 0 N–H and O–H groups in total. The van der Waals surface area contributed by atoms with Gasteiger partial charge in [-0.05, 0) is 12.1 Å². The molecule has 1 aromatic carbocycles. The largest absolute Gasteiger partial charge is 0.495 e. The van der Waals surface area contributed by atoms with Gasteiger partial charge in [0, 0.05) is 30.3 Å². The minimum atomic E-state index is -0.327. The predicted molar refractivity (Wildman–Crippen MR) is 100 cm³/mol. The number of fused-ring (bicyclic) bond motifs is 1. The van der Waals surface area contributed by atoms with Crippen molar-refractivity contribution >= 4 is 34.1 Å². The molecule has 0 fully saturated rings. The molecule has 0 bridgehead atoms. The monoisotopic (exact) mass is 389 g/mol. The number of hydrogen-bond acceptors (Lipinski definition) is 5. The predicted octanol–water partition coefficient (Wildman–Crippen LogP) is 3.80. The summed E-state index contributed by atoms with van der Waals surface area (Å²) in [6, 6.07) is 6.70. The standard InChI is InChI=1S/C18H13Cl2N3O3/c1-23-12-5-10(7-21)22-8-9(12)4-11(18(23)24)15-16(19)13(25-2)6-14(26-3)17(15)20/h4-6,8H,1-3H3. The molecule has 0 radical (unpaired) electrons. The van der Waals surface area contributed by atoms with Crippen LogP contribution in [0.4, 0.5) is 0 Å². The molecule has 26 heavy (non-hydrogen) atoms. The highest BCUT2D eigenvalue weighted by molar-refractivity contribution is 6.41. The lowest BCUT2D eigenvalue weighted by Crippen LogP contribution is -2.19. The number of nitrogens with zero attached hydrogens (tertiary/aromatic N) is 3. The Hall–Kier alpha value is -2.75. The first-order valence-electron chi connectivity index (χ1n) is 7.43. The lowest BCUT2D eigenvalue weighted by molar-refractivity contribution is 0.395. The maximum Gasteiger partial charge on any atom is 0.258 e. The van der Waals surface area contributed by atoms with Crippen LogP contribution < -0.4 is 15.0 Å². The van der Waals surface area contributed by atoms with Gasteiger partial charge in [0.15, 0.2) is 0 Å². The second-order valence-corrected chi connectivity index (χ2v) is 6.20. The van der Waals surface area contributed by atoms with Crippen LogP contribution in [0.5, 0.6) is 11.5 Å². The van der Waals surface area contributed by atoms with Crippen LogP contribution in [0.3, 0.4) is 0 Å². The van der Waals surface area contributed by atoms with Gasteiger partial charge >= 0.3 is 0 Å². The highest BCUT2D eigenvalue weighted by Gasteiger charge is 2.22. The molecule has 0 aliphatic rings. The summed E-state index contributed by atoms with van der Waals surface area (Å²) in [6.07, 6.45) is 1.52. The van der Waals surface area contributed by atoms with Crippen molar-refractivity contribution in [2.24, 2.45) is 7.05 Å². The molecule has 0 spiro atoms. The molecule has 0 amide bonds. The van der Waals surface area contributed by atoms with Gasteiger partial charge in [-0.15, -0.1) is 0 Å².